The van der Waals surface area contributed by atoms with Crippen molar-refractivity contribution in [2.24, 2.45) is 21.7 Å². The molecule has 0 fully saturated rings. The number of hydrogen-bond donors (Lipinski definition) is 2. The molecule has 21 heavy (non-hydrogen) atoms. The fourth-order valence-corrected chi connectivity index (χ4v) is 1.78. The van der Waals surface area contributed by atoms with Gasteiger partial charge >= 0.3 is 0 Å². The first kappa shape index (κ1) is 14.5. The second-order valence-corrected chi connectivity index (χ2v) is 4.40. The minimum absolute atomic E-state index is 0.0892. The number of halogens is 1. The molecule has 0 aliphatic heterocycles. The molecule has 0 aromatic heterocycles. The SMILES string of the molecule is CN(c1ccc(C=NN=C(N)N)cc1)c1cccc(F)c1. The molecule has 0 heterocycles. The minimum atomic E-state index is -0.264. The van der Waals surface area contributed by atoms with Crippen molar-refractivity contribution in [3.05, 3.63) is 59.9 Å². The van der Waals surface area contributed by atoms with Gasteiger partial charge in [0.15, 0.2) is 0 Å². The molecule has 0 aliphatic carbocycles. The van der Waals surface area contributed by atoms with Crippen LogP contribution < -0.4 is 16.4 Å². The highest BCUT2D eigenvalue weighted by Gasteiger charge is 2.04. The smallest absolute Gasteiger partial charge is 0.211 e. The van der Waals surface area contributed by atoms with E-state index >= 15 is 0 Å². The van der Waals surface area contributed by atoms with Crippen LogP contribution in [0.4, 0.5) is 15.8 Å². The highest BCUT2D eigenvalue weighted by atomic mass is 19.1. The van der Waals surface area contributed by atoms with Crippen LogP contribution >= 0.6 is 0 Å². The molecule has 0 atom stereocenters. The number of rotatable bonds is 4. The molecule has 5 nitrogen and oxygen atoms in total. The van der Waals surface area contributed by atoms with Crippen LogP contribution in [0, 0.1) is 5.82 Å². The topological polar surface area (TPSA) is 80.0 Å². The molecular formula is C15H16FN5. The Hall–Kier alpha value is -2.89. The number of nitrogens with zero attached hydrogens (tertiary/aromatic N) is 3. The van der Waals surface area contributed by atoms with Crippen LogP contribution in [0.2, 0.25) is 0 Å². The van der Waals surface area contributed by atoms with Gasteiger partial charge in [-0.3, -0.25) is 0 Å². The highest BCUT2D eigenvalue weighted by molar-refractivity contribution is 5.82. The van der Waals surface area contributed by atoms with Gasteiger partial charge in [0.05, 0.1) is 6.21 Å². The summed E-state index contributed by atoms with van der Waals surface area (Å²) in [6.07, 6.45) is 1.55. The quantitative estimate of drug-likeness (QED) is 0.513. The fraction of sp³-hybridized carbons (Fsp3) is 0.0667. The van der Waals surface area contributed by atoms with E-state index in [2.05, 4.69) is 10.2 Å². The van der Waals surface area contributed by atoms with Gasteiger partial charge in [-0.2, -0.15) is 5.10 Å². The van der Waals surface area contributed by atoms with Crippen LogP contribution in [-0.2, 0) is 0 Å². The number of nitrogens with two attached hydrogens (primary N) is 2. The van der Waals surface area contributed by atoms with Gasteiger partial charge in [0, 0.05) is 18.4 Å². The zero-order valence-corrected chi connectivity index (χ0v) is 11.6. The Labute approximate surface area is 122 Å². The van der Waals surface area contributed by atoms with E-state index in [-0.39, 0.29) is 11.8 Å². The van der Waals surface area contributed by atoms with E-state index < -0.39 is 0 Å². The average Bonchev–Trinajstić information content (AvgIpc) is 2.47. The van der Waals surface area contributed by atoms with Crippen molar-refractivity contribution < 1.29 is 4.39 Å². The van der Waals surface area contributed by atoms with Gasteiger partial charge in [-0.25, -0.2) is 4.39 Å². The highest BCUT2D eigenvalue weighted by Crippen LogP contribution is 2.23. The molecule has 0 saturated carbocycles. The summed E-state index contributed by atoms with van der Waals surface area (Å²) in [4.78, 5) is 1.89. The third kappa shape index (κ3) is 4.04. The zero-order chi connectivity index (χ0) is 15.2. The van der Waals surface area contributed by atoms with E-state index in [4.69, 9.17) is 11.5 Å². The molecule has 0 spiro atoms. The predicted molar refractivity (Wildman–Crippen MR) is 84.3 cm³/mol. The first-order valence-corrected chi connectivity index (χ1v) is 6.27. The van der Waals surface area contributed by atoms with Crippen molar-refractivity contribution in [1.82, 2.24) is 0 Å². The molecule has 0 saturated heterocycles. The third-order valence-electron chi connectivity index (χ3n) is 2.86. The van der Waals surface area contributed by atoms with Crippen molar-refractivity contribution in [3.8, 4) is 0 Å². The van der Waals surface area contributed by atoms with E-state index in [9.17, 15) is 4.39 Å². The van der Waals surface area contributed by atoms with Crippen LogP contribution in [-0.4, -0.2) is 19.2 Å². The second-order valence-electron chi connectivity index (χ2n) is 4.40. The number of hydrogen-bond acceptors (Lipinski definition) is 3. The van der Waals surface area contributed by atoms with Crippen molar-refractivity contribution in [1.29, 1.82) is 0 Å². The van der Waals surface area contributed by atoms with Gasteiger partial charge in [0.1, 0.15) is 5.82 Å². The molecule has 108 valence electrons. The molecule has 0 radical (unpaired) electrons. The monoisotopic (exact) mass is 285 g/mol. The summed E-state index contributed by atoms with van der Waals surface area (Å²) in [6.45, 7) is 0. The summed E-state index contributed by atoms with van der Waals surface area (Å²) in [6, 6.07) is 14.0. The molecule has 0 aliphatic rings. The Balaban J connectivity index is 2.15. The Kier molecular flexibility index (Phi) is 4.50. The largest absolute Gasteiger partial charge is 0.369 e. The van der Waals surface area contributed by atoms with Gasteiger partial charge in [-0.15, -0.1) is 5.10 Å². The van der Waals surface area contributed by atoms with Crippen LogP contribution in [0.3, 0.4) is 0 Å². The Morgan fingerprint density at radius 2 is 1.81 bits per heavy atom. The molecule has 0 bridgehead atoms. The fourth-order valence-electron chi connectivity index (χ4n) is 1.78. The molecular weight excluding hydrogens is 269 g/mol. The van der Waals surface area contributed by atoms with E-state index in [1.807, 2.05) is 42.3 Å². The average molecular weight is 285 g/mol. The van der Waals surface area contributed by atoms with E-state index in [1.165, 1.54) is 12.1 Å². The van der Waals surface area contributed by atoms with Crippen molar-refractivity contribution in [2.45, 2.75) is 0 Å². The lowest BCUT2D eigenvalue weighted by atomic mass is 10.2. The Bertz CT molecular complexity index is 660. The van der Waals surface area contributed by atoms with Crippen molar-refractivity contribution in [3.63, 3.8) is 0 Å². The second kappa shape index (κ2) is 6.51. The predicted octanol–water partition coefficient (Wildman–Crippen LogP) is 2.20. The number of anilines is 2. The Morgan fingerprint density at radius 1 is 1.10 bits per heavy atom. The molecule has 6 heteroatoms. The van der Waals surface area contributed by atoms with Crippen LogP contribution in [0.15, 0.2) is 58.7 Å². The maximum absolute atomic E-state index is 13.2. The summed E-state index contributed by atoms with van der Waals surface area (Å²) in [7, 11) is 1.87. The zero-order valence-electron chi connectivity index (χ0n) is 11.6. The summed E-state index contributed by atoms with van der Waals surface area (Å²) < 4.78 is 13.2. The minimum Gasteiger partial charge on any atom is -0.369 e. The molecule has 4 N–H and O–H groups in total. The third-order valence-corrected chi connectivity index (χ3v) is 2.86. The Morgan fingerprint density at radius 3 is 2.43 bits per heavy atom. The van der Waals surface area contributed by atoms with E-state index in [1.54, 1.807) is 12.3 Å². The first-order valence-electron chi connectivity index (χ1n) is 6.27. The molecule has 2 aromatic carbocycles. The van der Waals surface area contributed by atoms with E-state index in [0.717, 1.165) is 16.9 Å². The molecule has 0 unspecified atom stereocenters. The lowest BCUT2D eigenvalue weighted by molar-refractivity contribution is 0.628. The normalized spacial score (nSPS) is 10.6. The van der Waals surface area contributed by atoms with Crippen molar-refractivity contribution >= 4 is 23.5 Å². The van der Waals surface area contributed by atoms with Crippen LogP contribution in [0.1, 0.15) is 5.56 Å². The van der Waals surface area contributed by atoms with Crippen LogP contribution in [0.5, 0.6) is 0 Å². The van der Waals surface area contributed by atoms with Gasteiger partial charge in [-0.05, 0) is 35.9 Å². The standard InChI is InChI=1S/C15H16FN5/c1-21(14-4-2-3-12(16)9-14)13-7-5-11(6-8-13)10-19-20-15(17)18/h2-10H,1H3,(H4,17,18,20). The number of guanidine groups is 1. The lowest BCUT2D eigenvalue weighted by Gasteiger charge is -2.19. The lowest BCUT2D eigenvalue weighted by Crippen LogP contribution is -2.21. The summed E-state index contributed by atoms with van der Waals surface area (Å²) in [5.74, 6) is -0.353. The van der Waals surface area contributed by atoms with Gasteiger partial charge < -0.3 is 16.4 Å². The summed E-state index contributed by atoms with van der Waals surface area (Å²) in [5, 5.41) is 7.26. The van der Waals surface area contributed by atoms with Gasteiger partial charge in [0.2, 0.25) is 5.96 Å². The molecule has 2 aromatic rings. The van der Waals surface area contributed by atoms with Crippen molar-refractivity contribution in [2.75, 3.05) is 11.9 Å². The van der Waals surface area contributed by atoms with E-state index in [0.29, 0.717) is 0 Å². The maximum Gasteiger partial charge on any atom is 0.211 e. The summed E-state index contributed by atoms with van der Waals surface area (Å²) >= 11 is 0. The first-order chi connectivity index (χ1) is 10.1. The van der Waals surface area contributed by atoms with Gasteiger partial charge in [0.25, 0.3) is 0 Å². The molecule has 0 amide bonds. The maximum atomic E-state index is 13.2. The van der Waals surface area contributed by atoms with Gasteiger partial charge in [-0.1, -0.05) is 18.2 Å². The number of benzene rings is 2. The molecule has 2 rings (SSSR count). The van der Waals surface area contributed by atoms with Crippen LogP contribution in [0.25, 0.3) is 0 Å². The summed E-state index contributed by atoms with van der Waals surface area (Å²) in [5.41, 5.74) is 12.9.